The Balaban J connectivity index is 0.00000361. The Kier molecular flexibility index (Phi) is 9.01. The van der Waals surface area contributed by atoms with Crippen LogP contribution >= 0.6 is 12.4 Å². The van der Waals surface area contributed by atoms with Crippen molar-refractivity contribution in [3.8, 4) is 5.75 Å². The first-order valence-corrected chi connectivity index (χ1v) is 6.64. The third-order valence-corrected chi connectivity index (χ3v) is 3.25. The topological polar surface area (TPSA) is 50.4 Å². The van der Waals surface area contributed by atoms with Crippen LogP contribution in [0.1, 0.15) is 31.7 Å². The number of methoxy groups -OCH3 is 1. The van der Waals surface area contributed by atoms with Gasteiger partial charge in [-0.1, -0.05) is 19.1 Å². The quantitative estimate of drug-likeness (QED) is 0.812. The van der Waals surface area contributed by atoms with Crippen LogP contribution in [0.2, 0.25) is 0 Å². The van der Waals surface area contributed by atoms with Crippen LogP contribution in [-0.4, -0.2) is 32.7 Å². The van der Waals surface area contributed by atoms with Crippen molar-refractivity contribution in [2.24, 2.45) is 0 Å². The SMILES string of the molecule is CNC(C)CNC(=O)CC(C)c1cccc(OC)c1.Cl. The van der Waals surface area contributed by atoms with Crippen molar-refractivity contribution in [1.82, 2.24) is 10.6 Å². The van der Waals surface area contributed by atoms with Gasteiger partial charge in [-0.3, -0.25) is 4.79 Å². The zero-order valence-electron chi connectivity index (χ0n) is 12.6. The summed E-state index contributed by atoms with van der Waals surface area (Å²) in [6, 6.07) is 8.15. The second kappa shape index (κ2) is 9.61. The molecular formula is C15H25ClN2O2. The van der Waals surface area contributed by atoms with Gasteiger partial charge in [0.2, 0.25) is 5.91 Å². The van der Waals surface area contributed by atoms with Crippen molar-refractivity contribution >= 4 is 18.3 Å². The molecule has 2 N–H and O–H groups in total. The van der Waals surface area contributed by atoms with E-state index in [9.17, 15) is 4.79 Å². The summed E-state index contributed by atoms with van der Waals surface area (Å²) in [7, 11) is 3.53. The van der Waals surface area contributed by atoms with Crippen LogP contribution in [0.3, 0.4) is 0 Å². The lowest BCUT2D eigenvalue weighted by Gasteiger charge is -2.15. The normalized spacial score (nSPS) is 13.0. The Bertz CT molecular complexity index is 413. The second-order valence-corrected chi connectivity index (χ2v) is 4.88. The Morgan fingerprint density at radius 2 is 2.05 bits per heavy atom. The maximum absolute atomic E-state index is 11.8. The number of hydrogen-bond donors (Lipinski definition) is 2. The monoisotopic (exact) mass is 300 g/mol. The highest BCUT2D eigenvalue weighted by molar-refractivity contribution is 5.85. The van der Waals surface area contributed by atoms with Gasteiger partial charge in [0.15, 0.2) is 0 Å². The van der Waals surface area contributed by atoms with Gasteiger partial charge in [-0.15, -0.1) is 12.4 Å². The molecule has 0 saturated carbocycles. The number of carbonyl (C=O) groups excluding carboxylic acids is 1. The van der Waals surface area contributed by atoms with Crippen molar-refractivity contribution in [1.29, 1.82) is 0 Å². The molecule has 2 atom stereocenters. The Morgan fingerprint density at radius 3 is 2.65 bits per heavy atom. The molecule has 0 aliphatic rings. The number of ether oxygens (including phenoxy) is 1. The number of carbonyl (C=O) groups is 1. The first-order chi connectivity index (χ1) is 9.06. The molecule has 0 saturated heterocycles. The van der Waals surface area contributed by atoms with E-state index in [-0.39, 0.29) is 30.3 Å². The summed E-state index contributed by atoms with van der Waals surface area (Å²) < 4.78 is 5.19. The minimum atomic E-state index is 0. The van der Waals surface area contributed by atoms with Crippen LogP contribution in [0.15, 0.2) is 24.3 Å². The Labute approximate surface area is 127 Å². The number of likely N-dealkylation sites (N-methyl/N-ethyl adjacent to an activating group) is 1. The molecule has 0 aliphatic heterocycles. The largest absolute Gasteiger partial charge is 0.497 e. The van der Waals surface area contributed by atoms with Crippen LogP contribution in [-0.2, 0) is 4.79 Å². The van der Waals surface area contributed by atoms with E-state index in [0.717, 1.165) is 11.3 Å². The lowest BCUT2D eigenvalue weighted by Crippen LogP contribution is -2.37. The van der Waals surface area contributed by atoms with Crippen molar-refractivity contribution in [2.45, 2.75) is 32.2 Å². The zero-order chi connectivity index (χ0) is 14.3. The molecule has 1 rings (SSSR count). The summed E-state index contributed by atoms with van der Waals surface area (Å²) in [4.78, 5) is 11.8. The summed E-state index contributed by atoms with van der Waals surface area (Å²) in [5.41, 5.74) is 1.12. The molecule has 0 radical (unpaired) electrons. The number of rotatable bonds is 7. The minimum absolute atomic E-state index is 0. The summed E-state index contributed by atoms with van der Waals surface area (Å²) in [5, 5.41) is 6.02. The van der Waals surface area contributed by atoms with E-state index in [1.165, 1.54) is 0 Å². The highest BCUT2D eigenvalue weighted by Gasteiger charge is 2.12. The van der Waals surface area contributed by atoms with Crippen molar-refractivity contribution < 1.29 is 9.53 Å². The third kappa shape index (κ3) is 6.26. The highest BCUT2D eigenvalue weighted by atomic mass is 35.5. The molecule has 0 bridgehead atoms. The van der Waals surface area contributed by atoms with Crippen LogP contribution in [0.25, 0.3) is 0 Å². The highest BCUT2D eigenvalue weighted by Crippen LogP contribution is 2.22. The van der Waals surface area contributed by atoms with Crippen LogP contribution < -0.4 is 15.4 Å². The summed E-state index contributed by atoms with van der Waals surface area (Å²) in [6.07, 6.45) is 0.490. The number of benzene rings is 1. The van der Waals surface area contributed by atoms with Gasteiger partial charge in [0.05, 0.1) is 7.11 Å². The molecular weight excluding hydrogens is 276 g/mol. The van der Waals surface area contributed by atoms with E-state index in [4.69, 9.17) is 4.74 Å². The van der Waals surface area contributed by atoms with Crippen LogP contribution in [0.5, 0.6) is 5.75 Å². The summed E-state index contributed by atoms with van der Waals surface area (Å²) in [6.45, 7) is 4.74. The second-order valence-electron chi connectivity index (χ2n) is 4.88. The molecule has 5 heteroatoms. The maximum atomic E-state index is 11.8. The molecule has 0 spiro atoms. The number of amides is 1. The number of halogens is 1. The van der Waals surface area contributed by atoms with Crippen molar-refractivity contribution in [3.05, 3.63) is 29.8 Å². The Morgan fingerprint density at radius 1 is 1.35 bits per heavy atom. The van der Waals surface area contributed by atoms with Crippen molar-refractivity contribution in [2.75, 3.05) is 20.7 Å². The predicted molar refractivity (Wildman–Crippen MR) is 84.8 cm³/mol. The molecule has 4 nitrogen and oxygen atoms in total. The molecule has 20 heavy (non-hydrogen) atoms. The molecule has 114 valence electrons. The fourth-order valence-corrected chi connectivity index (χ4v) is 1.79. The Hall–Kier alpha value is -1.26. The molecule has 1 aromatic rings. The van der Waals surface area contributed by atoms with E-state index in [1.54, 1.807) is 7.11 Å². The van der Waals surface area contributed by atoms with Crippen LogP contribution in [0.4, 0.5) is 0 Å². The summed E-state index contributed by atoms with van der Waals surface area (Å²) >= 11 is 0. The molecule has 0 aliphatic carbocycles. The molecule has 1 amide bonds. The zero-order valence-corrected chi connectivity index (χ0v) is 13.4. The minimum Gasteiger partial charge on any atom is -0.497 e. The van der Waals surface area contributed by atoms with Gasteiger partial charge < -0.3 is 15.4 Å². The van der Waals surface area contributed by atoms with Crippen molar-refractivity contribution in [3.63, 3.8) is 0 Å². The van der Waals surface area contributed by atoms with Gasteiger partial charge in [0, 0.05) is 19.0 Å². The van der Waals surface area contributed by atoms with Gasteiger partial charge in [-0.25, -0.2) is 0 Å². The maximum Gasteiger partial charge on any atom is 0.220 e. The smallest absolute Gasteiger partial charge is 0.220 e. The molecule has 0 heterocycles. The average Bonchev–Trinajstić information content (AvgIpc) is 2.44. The lowest BCUT2D eigenvalue weighted by atomic mass is 9.97. The fourth-order valence-electron chi connectivity index (χ4n) is 1.79. The molecule has 2 unspecified atom stereocenters. The summed E-state index contributed by atoms with van der Waals surface area (Å²) in [5.74, 6) is 1.09. The van der Waals surface area contributed by atoms with Crippen LogP contribution in [0, 0.1) is 0 Å². The molecule has 0 aromatic heterocycles. The van der Waals surface area contributed by atoms with Gasteiger partial charge >= 0.3 is 0 Å². The average molecular weight is 301 g/mol. The predicted octanol–water partition coefficient (Wildman–Crippen LogP) is 2.33. The van der Waals surface area contributed by atoms with Gasteiger partial charge in [-0.2, -0.15) is 0 Å². The van der Waals surface area contributed by atoms with E-state index in [1.807, 2.05) is 38.2 Å². The molecule has 1 aromatic carbocycles. The van der Waals surface area contributed by atoms with Gasteiger partial charge in [-0.05, 0) is 37.6 Å². The van der Waals surface area contributed by atoms with E-state index in [2.05, 4.69) is 17.6 Å². The van der Waals surface area contributed by atoms with E-state index >= 15 is 0 Å². The first kappa shape index (κ1) is 18.7. The van der Waals surface area contributed by atoms with E-state index < -0.39 is 0 Å². The van der Waals surface area contributed by atoms with Gasteiger partial charge in [0.1, 0.15) is 5.75 Å². The number of hydrogen-bond acceptors (Lipinski definition) is 3. The third-order valence-electron chi connectivity index (χ3n) is 3.25. The number of nitrogens with one attached hydrogen (secondary N) is 2. The standard InChI is InChI=1S/C15H24N2O2.ClH/c1-11(8-15(18)17-10-12(2)16-3)13-6-5-7-14(9-13)19-4;/h5-7,9,11-12,16H,8,10H2,1-4H3,(H,17,18);1H. The first-order valence-electron chi connectivity index (χ1n) is 6.64. The van der Waals surface area contributed by atoms with Gasteiger partial charge in [0.25, 0.3) is 0 Å². The lowest BCUT2D eigenvalue weighted by molar-refractivity contribution is -0.121. The fraction of sp³-hybridized carbons (Fsp3) is 0.533. The molecule has 0 fully saturated rings. The van der Waals surface area contributed by atoms with E-state index in [0.29, 0.717) is 13.0 Å².